The van der Waals surface area contributed by atoms with Crippen LogP contribution in [0.1, 0.15) is 34.1 Å². The second kappa shape index (κ2) is 5.54. The lowest BCUT2D eigenvalue weighted by Crippen LogP contribution is -2.32. The van der Waals surface area contributed by atoms with E-state index < -0.39 is 0 Å². The largest absolute Gasteiger partial charge is 0.488 e. The van der Waals surface area contributed by atoms with Gasteiger partial charge in [0.25, 0.3) is 0 Å². The van der Waals surface area contributed by atoms with Gasteiger partial charge in [-0.25, -0.2) is 4.98 Å². The molecule has 2 aromatic rings. The van der Waals surface area contributed by atoms with Gasteiger partial charge in [0, 0.05) is 23.9 Å². The summed E-state index contributed by atoms with van der Waals surface area (Å²) in [5.41, 5.74) is 2.48. The van der Waals surface area contributed by atoms with Crippen LogP contribution in [0.2, 0.25) is 0 Å². The average molecular weight is 288 g/mol. The maximum Gasteiger partial charge on any atom is 0.123 e. The molecule has 1 aromatic heterocycles. The Morgan fingerprint density at radius 1 is 1.40 bits per heavy atom. The monoisotopic (exact) mass is 288 g/mol. The first-order valence-electron chi connectivity index (χ1n) is 7.05. The lowest BCUT2D eigenvalue weighted by molar-refractivity contribution is 0.222. The van der Waals surface area contributed by atoms with Crippen molar-refractivity contribution in [1.29, 1.82) is 0 Å². The summed E-state index contributed by atoms with van der Waals surface area (Å²) in [5, 5.41) is 4.68. The number of hydrogen-bond donors (Lipinski definition) is 1. The summed E-state index contributed by atoms with van der Waals surface area (Å²) in [6.07, 6.45) is 1.22. The molecule has 1 aliphatic rings. The minimum atomic E-state index is 0.231. The first-order chi connectivity index (χ1) is 9.63. The summed E-state index contributed by atoms with van der Waals surface area (Å²) in [4.78, 5) is 5.91. The van der Waals surface area contributed by atoms with E-state index >= 15 is 0 Å². The van der Waals surface area contributed by atoms with Crippen molar-refractivity contribution in [2.24, 2.45) is 0 Å². The number of fused-ring (bicyclic) bond motifs is 1. The van der Waals surface area contributed by atoms with E-state index in [1.165, 1.54) is 16.1 Å². The van der Waals surface area contributed by atoms with Crippen LogP contribution in [0.25, 0.3) is 0 Å². The maximum absolute atomic E-state index is 5.95. The van der Waals surface area contributed by atoms with E-state index in [0.717, 1.165) is 23.7 Å². The number of rotatable bonds is 4. The fraction of sp³-hybridized carbons (Fsp3) is 0.438. The molecule has 2 atom stereocenters. The van der Waals surface area contributed by atoms with Crippen molar-refractivity contribution in [3.8, 4) is 5.75 Å². The van der Waals surface area contributed by atoms with E-state index in [1.807, 2.05) is 12.1 Å². The molecule has 2 heterocycles. The smallest absolute Gasteiger partial charge is 0.123 e. The minimum Gasteiger partial charge on any atom is -0.488 e. The summed E-state index contributed by atoms with van der Waals surface area (Å²) in [6.45, 7) is 7.22. The maximum atomic E-state index is 5.95. The zero-order valence-electron chi connectivity index (χ0n) is 12.1. The van der Waals surface area contributed by atoms with Gasteiger partial charge in [-0.05, 0) is 32.4 Å². The molecule has 1 N–H and O–H groups in total. The number of ether oxygens (including phenoxy) is 1. The summed E-state index contributed by atoms with van der Waals surface area (Å²) < 4.78 is 5.95. The highest BCUT2D eigenvalue weighted by atomic mass is 32.1. The van der Waals surface area contributed by atoms with Crippen molar-refractivity contribution in [3.63, 3.8) is 0 Å². The third-order valence-corrected chi connectivity index (χ3v) is 4.62. The van der Waals surface area contributed by atoms with Crippen molar-refractivity contribution >= 4 is 11.3 Å². The molecule has 0 saturated carbocycles. The van der Waals surface area contributed by atoms with Gasteiger partial charge in [0.1, 0.15) is 11.9 Å². The zero-order valence-corrected chi connectivity index (χ0v) is 13.0. The Bertz CT molecular complexity index is 583. The quantitative estimate of drug-likeness (QED) is 0.936. The van der Waals surface area contributed by atoms with Crippen LogP contribution in [0, 0.1) is 13.8 Å². The standard InChI is InChI=1S/C16H20N2OS/c1-10(16-11(2)20-12(3)18-16)17-9-14-8-13-6-4-5-7-15(13)19-14/h4-7,10,14,17H,8-9H2,1-3H3. The molecule has 4 heteroatoms. The van der Waals surface area contributed by atoms with Gasteiger partial charge in [-0.3, -0.25) is 0 Å². The molecule has 0 aliphatic carbocycles. The van der Waals surface area contributed by atoms with Crippen LogP contribution in [0.4, 0.5) is 0 Å². The third kappa shape index (κ3) is 2.72. The Balaban J connectivity index is 1.57. The van der Waals surface area contributed by atoms with Gasteiger partial charge in [0.2, 0.25) is 0 Å². The molecule has 1 aliphatic heterocycles. The van der Waals surface area contributed by atoms with Crippen molar-refractivity contribution in [2.75, 3.05) is 6.54 Å². The molecule has 1 aromatic carbocycles. The molecule has 106 valence electrons. The van der Waals surface area contributed by atoms with Crippen LogP contribution in [-0.2, 0) is 6.42 Å². The molecule has 20 heavy (non-hydrogen) atoms. The first kappa shape index (κ1) is 13.6. The van der Waals surface area contributed by atoms with E-state index in [2.05, 4.69) is 43.2 Å². The number of aromatic nitrogens is 1. The number of benzene rings is 1. The van der Waals surface area contributed by atoms with Crippen LogP contribution in [-0.4, -0.2) is 17.6 Å². The van der Waals surface area contributed by atoms with Gasteiger partial charge >= 0.3 is 0 Å². The SMILES string of the molecule is Cc1nc(C(C)NCC2Cc3ccccc3O2)c(C)s1. The topological polar surface area (TPSA) is 34.2 Å². The van der Waals surface area contributed by atoms with E-state index in [0.29, 0.717) is 0 Å². The Morgan fingerprint density at radius 3 is 2.90 bits per heavy atom. The summed E-state index contributed by atoms with van der Waals surface area (Å²) >= 11 is 1.76. The first-order valence-corrected chi connectivity index (χ1v) is 7.87. The molecule has 0 radical (unpaired) electrons. The van der Waals surface area contributed by atoms with Crippen molar-refractivity contribution in [3.05, 3.63) is 45.4 Å². The molecular weight excluding hydrogens is 268 g/mol. The van der Waals surface area contributed by atoms with Crippen LogP contribution in [0.15, 0.2) is 24.3 Å². The lowest BCUT2D eigenvalue weighted by Gasteiger charge is -2.16. The molecule has 2 unspecified atom stereocenters. The van der Waals surface area contributed by atoms with Gasteiger partial charge < -0.3 is 10.1 Å². The van der Waals surface area contributed by atoms with Gasteiger partial charge in [-0.2, -0.15) is 0 Å². The number of para-hydroxylation sites is 1. The number of hydrogen-bond acceptors (Lipinski definition) is 4. The Kier molecular flexibility index (Phi) is 3.76. The fourth-order valence-corrected chi connectivity index (χ4v) is 3.63. The van der Waals surface area contributed by atoms with Gasteiger partial charge in [-0.15, -0.1) is 11.3 Å². The van der Waals surface area contributed by atoms with Crippen LogP contribution in [0.3, 0.4) is 0 Å². The van der Waals surface area contributed by atoms with Crippen LogP contribution in [0.5, 0.6) is 5.75 Å². The lowest BCUT2D eigenvalue weighted by atomic mass is 10.1. The number of thiazole rings is 1. The van der Waals surface area contributed by atoms with E-state index in [4.69, 9.17) is 4.74 Å². The predicted molar refractivity (Wildman–Crippen MR) is 82.6 cm³/mol. The van der Waals surface area contributed by atoms with Crippen LogP contribution >= 0.6 is 11.3 Å². The molecule has 0 fully saturated rings. The molecule has 3 rings (SSSR count). The van der Waals surface area contributed by atoms with Crippen molar-refractivity contribution in [2.45, 2.75) is 39.3 Å². The van der Waals surface area contributed by atoms with Crippen LogP contribution < -0.4 is 10.1 Å². The number of nitrogens with zero attached hydrogens (tertiary/aromatic N) is 1. The summed E-state index contributed by atoms with van der Waals surface area (Å²) in [7, 11) is 0. The van der Waals surface area contributed by atoms with Crippen molar-refractivity contribution in [1.82, 2.24) is 10.3 Å². The van der Waals surface area contributed by atoms with E-state index in [1.54, 1.807) is 11.3 Å². The highest BCUT2D eigenvalue weighted by Gasteiger charge is 2.23. The van der Waals surface area contributed by atoms with E-state index in [9.17, 15) is 0 Å². The molecule has 0 spiro atoms. The molecule has 0 amide bonds. The Hall–Kier alpha value is -1.39. The number of aryl methyl sites for hydroxylation is 2. The van der Waals surface area contributed by atoms with Gasteiger partial charge in [0.15, 0.2) is 0 Å². The normalized spacial score (nSPS) is 18.6. The van der Waals surface area contributed by atoms with Crippen molar-refractivity contribution < 1.29 is 4.74 Å². The highest BCUT2D eigenvalue weighted by molar-refractivity contribution is 7.11. The zero-order chi connectivity index (χ0) is 14.1. The second-order valence-corrected chi connectivity index (χ2v) is 6.76. The number of nitrogens with one attached hydrogen (secondary N) is 1. The summed E-state index contributed by atoms with van der Waals surface area (Å²) in [5.74, 6) is 1.03. The average Bonchev–Trinajstić information content (AvgIpc) is 2.98. The molecule has 3 nitrogen and oxygen atoms in total. The summed E-state index contributed by atoms with van der Waals surface area (Å²) in [6, 6.07) is 8.56. The van der Waals surface area contributed by atoms with Gasteiger partial charge in [-0.1, -0.05) is 18.2 Å². The molecule has 0 saturated heterocycles. The highest BCUT2D eigenvalue weighted by Crippen LogP contribution is 2.28. The fourth-order valence-electron chi connectivity index (χ4n) is 2.72. The Morgan fingerprint density at radius 2 is 2.20 bits per heavy atom. The van der Waals surface area contributed by atoms with Gasteiger partial charge in [0.05, 0.1) is 10.7 Å². The third-order valence-electron chi connectivity index (χ3n) is 3.72. The van der Waals surface area contributed by atoms with E-state index in [-0.39, 0.29) is 12.1 Å². The second-order valence-electron chi connectivity index (χ2n) is 5.36. The Labute approximate surface area is 124 Å². The molecular formula is C16H20N2OS. The molecule has 0 bridgehead atoms. The predicted octanol–water partition coefficient (Wildman–Crippen LogP) is 3.41. The minimum absolute atomic E-state index is 0.231.